The van der Waals surface area contributed by atoms with E-state index in [1.165, 1.54) is 23.6 Å². The molecule has 8 rings (SSSR count). The van der Waals surface area contributed by atoms with E-state index in [0.29, 0.717) is 79.6 Å². The Hall–Kier alpha value is -6.78. The van der Waals surface area contributed by atoms with Crippen LogP contribution in [0.2, 0.25) is 10.0 Å². The standard InChI is InChI=1S/C33H34Cl2N6O3.C22H32N4O3/c1-2-3-4-8-14-31(42)39-16-18-40(19-17-39)33(44)29-22-30(41(38-29)23-11-6-5-7-12-23)37-32(43)25-20-24(26(34)21-27(25)35)28-13-9-10-15-36-28;1-2-3-4-5-6-21(28)26-15-13-25(14-16-26)18-9-7-17(8-10-18)23-19-11-12-20(27)24-22(19)29/h5-7,9-13,15,20-22H,2-4,8,14,16-19H2,1H3,(H,37,43);7-10,19,23H,2-6,11-16H2,1H3,(H,24,27,29). The molecule has 3 fully saturated rings. The molecule has 3 N–H and O–H groups in total. The van der Waals surface area contributed by atoms with Gasteiger partial charge < -0.3 is 30.2 Å². The molecule has 6 amide bonds. The number of anilines is 3. The molecule has 3 aromatic carbocycles. The number of piperidine rings is 1. The lowest BCUT2D eigenvalue weighted by atomic mass is 10.1. The second kappa shape index (κ2) is 26.8. The van der Waals surface area contributed by atoms with E-state index in [2.05, 4.69) is 44.8 Å². The summed E-state index contributed by atoms with van der Waals surface area (Å²) in [7, 11) is 0. The van der Waals surface area contributed by atoms with E-state index in [1.807, 2.05) is 70.5 Å². The number of rotatable bonds is 18. The van der Waals surface area contributed by atoms with Gasteiger partial charge in [-0.2, -0.15) is 5.10 Å². The van der Waals surface area contributed by atoms with Crippen LogP contribution in [0.3, 0.4) is 0 Å². The normalized spacial score (nSPS) is 15.8. The fraction of sp³-hybridized carbons (Fsp3) is 0.418. The molecule has 0 saturated carbocycles. The maximum Gasteiger partial charge on any atom is 0.274 e. The summed E-state index contributed by atoms with van der Waals surface area (Å²) < 4.78 is 1.52. The van der Waals surface area contributed by atoms with E-state index in [9.17, 15) is 28.8 Å². The Morgan fingerprint density at radius 1 is 0.671 bits per heavy atom. The van der Waals surface area contributed by atoms with Crippen molar-refractivity contribution in [2.45, 2.75) is 96.9 Å². The van der Waals surface area contributed by atoms with Crippen LogP contribution in [0, 0.1) is 0 Å². The van der Waals surface area contributed by atoms with Crippen molar-refractivity contribution in [3.8, 4) is 16.9 Å². The number of nitrogens with one attached hydrogen (secondary N) is 3. The second-order valence-corrected chi connectivity index (χ2v) is 19.3. The van der Waals surface area contributed by atoms with E-state index in [4.69, 9.17) is 23.2 Å². The van der Waals surface area contributed by atoms with Crippen LogP contribution in [0.15, 0.2) is 97.2 Å². The highest BCUT2D eigenvalue weighted by molar-refractivity contribution is 6.38. The highest BCUT2D eigenvalue weighted by Gasteiger charge is 2.29. The summed E-state index contributed by atoms with van der Waals surface area (Å²) >= 11 is 12.9. The summed E-state index contributed by atoms with van der Waals surface area (Å²) in [6, 6.07) is 26.9. The Bertz CT molecular complexity index is 2670. The number of piperazine rings is 2. The molecule has 16 nitrogen and oxygen atoms in total. The van der Waals surface area contributed by atoms with Crippen molar-refractivity contribution in [2.24, 2.45) is 0 Å². The first-order chi connectivity index (χ1) is 35.4. The highest BCUT2D eigenvalue weighted by atomic mass is 35.5. The van der Waals surface area contributed by atoms with Crippen molar-refractivity contribution in [1.29, 1.82) is 0 Å². The molecule has 73 heavy (non-hydrogen) atoms. The van der Waals surface area contributed by atoms with Crippen molar-refractivity contribution in [3.63, 3.8) is 0 Å². The Balaban J connectivity index is 0.000000233. The maximum atomic E-state index is 13.6. The van der Waals surface area contributed by atoms with E-state index in [-0.39, 0.29) is 51.9 Å². The Morgan fingerprint density at radius 3 is 1.89 bits per heavy atom. The first-order valence-corrected chi connectivity index (χ1v) is 26.3. The Kier molecular flexibility index (Phi) is 19.8. The first kappa shape index (κ1) is 54.0. The number of para-hydroxylation sites is 1. The van der Waals surface area contributed by atoms with Crippen LogP contribution in [0.5, 0.6) is 0 Å². The zero-order chi connectivity index (χ0) is 51.7. The van der Waals surface area contributed by atoms with Gasteiger partial charge in [0.1, 0.15) is 11.9 Å². The monoisotopic (exact) mass is 1030 g/mol. The number of aromatic nitrogens is 3. The van der Waals surface area contributed by atoms with Crippen LogP contribution < -0.4 is 20.9 Å². The first-order valence-electron chi connectivity index (χ1n) is 25.6. The van der Waals surface area contributed by atoms with Crippen molar-refractivity contribution >= 4 is 75.8 Å². The van der Waals surface area contributed by atoms with Crippen LogP contribution in [-0.2, 0) is 19.2 Å². The van der Waals surface area contributed by atoms with Crippen LogP contribution in [-0.4, -0.2) is 123 Å². The molecule has 5 heterocycles. The summed E-state index contributed by atoms with van der Waals surface area (Å²) in [6.07, 6.45) is 12.5. The third-order valence-corrected chi connectivity index (χ3v) is 13.9. The molecule has 3 aliphatic rings. The van der Waals surface area contributed by atoms with Gasteiger partial charge in [-0.1, -0.05) is 99.8 Å². The lowest BCUT2D eigenvalue weighted by Crippen LogP contribution is -2.50. The van der Waals surface area contributed by atoms with E-state index < -0.39 is 5.91 Å². The molecule has 5 aromatic rings. The van der Waals surface area contributed by atoms with E-state index >= 15 is 0 Å². The van der Waals surface area contributed by atoms with Crippen LogP contribution in [0.1, 0.15) is 112 Å². The fourth-order valence-electron chi connectivity index (χ4n) is 9.02. The van der Waals surface area contributed by atoms with Gasteiger partial charge in [-0.3, -0.25) is 39.1 Å². The average molecular weight is 1030 g/mol. The van der Waals surface area contributed by atoms with Crippen LogP contribution >= 0.6 is 23.2 Å². The van der Waals surface area contributed by atoms with Crippen LogP contribution in [0.4, 0.5) is 17.2 Å². The number of pyridine rings is 1. The van der Waals surface area contributed by atoms with Crippen molar-refractivity contribution < 1.29 is 28.8 Å². The SMILES string of the molecule is CCCCCCC(=O)N1CCN(C(=O)c2cc(NC(=O)c3cc(-c4ccccn4)c(Cl)cc3Cl)n(-c3ccccc3)n2)CC1.CCCCCCC(=O)N1CCN(c2ccc(NC3CCC(=O)NC3=O)cc2)CC1. The van der Waals surface area contributed by atoms with Gasteiger partial charge in [-0.05, 0) is 79.9 Å². The number of hydrogen-bond acceptors (Lipinski definition) is 10. The largest absolute Gasteiger partial charge is 0.374 e. The Morgan fingerprint density at radius 2 is 1.29 bits per heavy atom. The minimum Gasteiger partial charge on any atom is -0.374 e. The minimum atomic E-state index is -0.494. The van der Waals surface area contributed by atoms with Crippen molar-refractivity contribution in [2.75, 3.05) is 67.9 Å². The van der Waals surface area contributed by atoms with Gasteiger partial charge in [0.25, 0.3) is 11.8 Å². The molecule has 1 atom stereocenters. The van der Waals surface area contributed by atoms with Gasteiger partial charge in [0.15, 0.2) is 5.69 Å². The summed E-state index contributed by atoms with van der Waals surface area (Å²) in [5.41, 5.74) is 4.19. The molecule has 386 valence electrons. The highest BCUT2D eigenvalue weighted by Crippen LogP contribution is 2.33. The molecule has 2 aromatic heterocycles. The Labute approximate surface area is 437 Å². The molecule has 0 bridgehead atoms. The molecule has 1 unspecified atom stereocenters. The molecule has 3 aliphatic heterocycles. The lowest BCUT2D eigenvalue weighted by Gasteiger charge is -2.36. The molecular weight excluding hydrogens is 968 g/mol. The van der Waals surface area contributed by atoms with Gasteiger partial charge in [-0.15, -0.1) is 0 Å². The molecule has 0 aliphatic carbocycles. The number of nitrogens with zero attached hydrogens (tertiary/aromatic N) is 7. The van der Waals surface area contributed by atoms with E-state index in [1.54, 1.807) is 35.4 Å². The topological polar surface area (TPSA) is 182 Å². The quantitative estimate of drug-likeness (QED) is 0.0565. The summed E-state index contributed by atoms with van der Waals surface area (Å²) in [5.74, 6) is -0.514. The molecular formula is C55H66Cl2N10O6. The zero-order valence-electron chi connectivity index (χ0n) is 41.8. The molecule has 0 spiro atoms. The number of halogens is 2. The number of unbranched alkanes of at least 4 members (excludes halogenated alkanes) is 6. The molecule has 18 heteroatoms. The van der Waals surface area contributed by atoms with Crippen molar-refractivity contribution in [3.05, 3.63) is 118 Å². The zero-order valence-corrected chi connectivity index (χ0v) is 43.3. The van der Waals surface area contributed by atoms with Gasteiger partial charge in [-0.25, -0.2) is 4.68 Å². The maximum absolute atomic E-state index is 13.6. The number of hydrogen-bond donors (Lipinski definition) is 3. The summed E-state index contributed by atoms with van der Waals surface area (Å²) in [4.78, 5) is 87.3. The minimum absolute atomic E-state index is 0.138. The molecule has 0 radical (unpaired) electrons. The third kappa shape index (κ3) is 14.9. The van der Waals surface area contributed by atoms with Gasteiger partial charge >= 0.3 is 0 Å². The smallest absolute Gasteiger partial charge is 0.274 e. The van der Waals surface area contributed by atoms with Gasteiger partial charge in [0.2, 0.25) is 23.6 Å². The fourth-order valence-corrected chi connectivity index (χ4v) is 9.59. The van der Waals surface area contributed by atoms with Crippen LogP contribution in [0.25, 0.3) is 16.9 Å². The van der Waals surface area contributed by atoms with Gasteiger partial charge in [0, 0.05) is 101 Å². The number of carbonyl (C=O) groups is 6. The second-order valence-electron chi connectivity index (χ2n) is 18.5. The van der Waals surface area contributed by atoms with E-state index in [0.717, 1.165) is 76.1 Å². The van der Waals surface area contributed by atoms with Crippen molar-refractivity contribution in [1.82, 2.24) is 34.8 Å². The average Bonchev–Trinajstić information content (AvgIpc) is 3.83. The number of carbonyl (C=O) groups excluding carboxylic acids is 6. The summed E-state index contributed by atoms with van der Waals surface area (Å²) in [6.45, 7) is 9.31. The summed E-state index contributed by atoms with van der Waals surface area (Å²) in [5, 5.41) is 13.6. The lowest BCUT2D eigenvalue weighted by molar-refractivity contribution is -0.134. The predicted molar refractivity (Wildman–Crippen MR) is 286 cm³/mol. The molecule has 3 saturated heterocycles. The number of benzene rings is 3. The number of amides is 6. The third-order valence-electron chi connectivity index (χ3n) is 13.3. The predicted octanol–water partition coefficient (Wildman–Crippen LogP) is 9.27. The number of imide groups is 1. The van der Waals surface area contributed by atoms with Gasteiger partial charge in [0.05, 0.1) is 27.0 Å².